The average molecular weight is 587 g/mol. The Hall–Kier alpha value is -2.76. The zero-order valence-electron chi connectivity index (χ0n) is 18.2. The second-order valence-electron chi connectivity index (χ2n) is 7.67. The van der Waals surface area contributed by atoms with Crippen LogP contribution in [-0.4, -0.2) is 17.1 Å². The van der Waals surface area contributed by atoms with E-state index in [-0.39, 0.29) is 18.0 Å². The lowest BCUT2D eigenvalue weighted by Crippen LogP contribution is -2.32. The summed E-state index contributed by atoms with van der Waals surface area (Å²) >= 11 is 16.8. The number of nitriles is 1. The molecule has 3 aromatic rings. The van der Waals surface area contributed by atoms with Gasteiger partial charge in [-0.25, -0.2) is 0 Å². The predicted octanol–water partition coefficient (Wildman–Crippen LogP) is 6.50. The average Bonchev–Trinajstić information content (AvgIpc) is 3.17. The fraction of sp³-hybridized carbons (Fsp3) is 0.115. The van der Waals surface area contributed by atoms with Crippen LogP contribution in [0, 0.1) is 11.3 Å². The molecule has 3 aromatic carbocycles. The Labute approximate surface area is 225 Å². The Morgan fingerprint density at radius 2 is 1.74 bits per heavy atom. The second kappa shape index (κ2) is 11.3. The molecule has 35 heavy (non-hydrogen) atoms. The number of halogens is 3. The standard InChI is InChI=1S/C26H18BrCl2N3O2S/c27-18-7-9-19(10-8-18)32-25(34)23(13-17-6-11-21(28)22(29)12-17)35-26(32)20(14-30)24(33)31-15-16-4-2-1-3-5-16/h1-12,23H,13,15H2,(H,31,33)/b26-20-/t23-/m1/s1. The summed E-state index contributed by atoms with van der Waals surface area (Å²) in [6.07, 6.45) is 0.362. The highest BCUT2D eigenvalue weighted by molar-refractivity contribution is 9.10. The largest absolute Gasteiger partial charge is 0.347 e. The molecule has 1 saturated heterocycles. The van der Waals surface area contributed by atoms with Crippen LogP contribution in [0.5, 0.6) is 0 Å². The Morgan fingerprint density at radius 1 is 1.03 bits per heavy atom. The molecule has 176 valence electrons. The van der Waals surface area contributed by atoms with Crippen molar-refractivity contribution in [3.8, 4) is 6.07 Å². The van der Waals surface area contributed by atoms with Crippen molar-refractivity contribution in [3.63, 3.8) is 0 Å². The Bertz CT molecular complexity index is 1340. The van der Waals surface area contributed by atoms with Crippen molar-refractivity contribution in [3.05, 3.63) is 109 Å². The number of anilines is 1. The van der Waals surface area contributed by atoms with E-state index in [1.165, 1.54) is 16.7 Å². The van der Waals surface area contributed by atoms with E-state index in [1.807, 2.05) is 42.5 Å². The third-order valence-corrected chi connectivity index (χ3v) is 7.82. The number of benzene rings is 3. The normalized spacial score (nSPS) is 16.7. The van der Waals surface area contributed by atoms with Crippen LogP contribution in [0.2, 0.25) is 10.0 Å². The number of carbonyl (C=O) groups excluding carboxylic acids is 2. The molecule has 1 atom stereocenters. The Morgan fingerprint density at radius 3 is 2.40 bits per heavy atom. The summed E-state index contributed by atoms with van der Waals surface area (Å²) in [4.78, 5) is 28.0. The number of nitrogens with zero attached hydrogens (tertiary/aromatic N) is 2. The molecule has 0 saturated carbocycles. The van der Waals surface area contributed by atoms with Gasteiger partial charge in [0.1, 0.15) is 16.7 Å². The minimum Gasteiger partial charge on any atom is -0.347 e. The quantitative estimate of drug-likeness (QED) is 0.264. The van der Waals surface area contributed by atoms with Crippen LogP contribution in [0.3, 0.4) is 0 Å². The number of nitrogens with one attached hydrogen (secondary N) is 1. The van der Waals surface area contributed by atoms with Crippen molar-refractivity contribution in [2.45, 2.75) is 18.2 Å². The van der Waals surface area contributed by atoms with Gasteiger partial charge in [-0.05, 0) is 53.9 Å². The summed E-state index contributed by atoms with van der Waals surface area (Å²) in [7, 11) is 0. The maximum absolute atomic E-state index is 13.5. The van der Waals surface area contributed by atoms with Crippen LogP contribution in [-0.2, 0) is 22.6 Å². The molecule has 1 heterocycles. The Kier molecular flexibility index (Phi) is 8.19. The molecule has 1 aliphatic heterocycles. The van der Waals surface area contributed by atoms with E-state index in [2.05, 4.69) is 21.2 Å². The Balaban J connectivity index is 1.67. The van der Waals surface area contributed by atoms with Gasteiger partial charge in [0.05, 0.1) is 15.3 Å². The third-order valence-electron chi connectivity index (χ3n) is 5.29. The fourth-order valence-electron chi connectivity index (χ4n) is 3.56. The minimum absolute atomic E-state index is 0.112. The van der Waals surface area contributed by atoms with Crippen molar-refractivity contribution in [2.24, 2.45) is 0 Å². The van der Waals surface area contributed by atoms with E-state index in [0.29, 0.717) is 27.2 Å². The van der Waals surface area contributed by atoms with Crippen LogP contribution in [0.4, 0.5) is 5.69 Å². The molecule has 0 aliphatic carbocycles. The van der Waals surface area contributed by atoms with Gasteiger partial charge >= 0.3 is 0 Å². The molecule has 0 radical (unpaired) electrons. The van der Waals surface area contributed by atoms with Gasteiger partial charge in [0, 0.05) is 16.7 Å². The van der Waals surface area contributed by atoms with Crippen molar-refractivity contribution >= 4 is 68.4 Å². The van der Waals surface area contributed by atoms with Gasteiger partial charge < -0.3 is 5.32 Å². The summed E-state index contributed by atoms with van der Waals surface area (Å²) in [5.41, 5.74) is 2.19. The maximum Gasteiger partial charge on any atom is 0.264 e. The summed E-state index contributed by atoms with van der Waals surface area (Å²) in [6, 6.07) is 23.8. The smallest absolute Gasteiger partial charge is 0.264 e. The molecule has 5 nitrogen and oxygen atoms in total. The van der Waals surface area contributed by atoms with Crippen molar-refractivity contribution < 1.29 is 9.59 Å². The lowest BCUT2D eigenvalue weighted by atomic mass is 10.1. The SMILES string of the molecule is N#C/C(C(=O)NCc1ccccc1)=C1/S[C@H](Cc2ccc(Cl)c(Cl)c2)C(=O)N1c1ccc(Br)cc1. The number of hydrogen-bond acceptors (Lipinski definition) is 4. The van der Waals surface area contributed by atoms with Crippen LogP contribution < -0.4 is 10.2 Å². The van der Waals surface area contributed by atoms with Gasteiger partial charge in [-0.3, -0.25) is 14.5 Å². The monoisotopic (exact) mass is 585 g/mol. The highest BCUT2D eigenvalue weighted by atomic mass is 79.9. The minimum atomic E-state index is -0.545. The van der Waals surface area contributed by atoms with Crippen LogP contribution in [0.1, 0.15) is 11.1 Å². The van der Waals surface area contributed by atoms with E-state index in [1.54, 1.807) is 36.4 Å². The van der Waals surface area contributed by atoms with Crippen LogP contribution >= 0.6 is 50.9 Å². The van der Waals surface area contributed by atoms with Crippen molar-refractivity contribution in [2.75, 3.05) is 4.90 Å². The van der Waals surface area contributed by atoms with Crippen molar-refractivity contribution in [1.29, 1.82) is 5.26 Å². The summed E-state index contributed by atoms with van der Waals surface area (Å²) in [5, 5.41) is 13.3. The summed E-state index contributed by atoms with van der Waals surface area (Å²) < 4.78 is 0.847. The number of thioether (sulfide) groups is 1. The van der Waals surface area contributed by atoms with Crippen molar-refractivity contribution in [1.82, 2.24) is 5.32 Å². The zero-order chi connectivity index (χ0) is 24.9. The number of rotatable bonds is 6. The number of carbonyl (C=O) groups is 2. The topological polar surface area (TPSA) is 73.2 Å². The van der Waals surface area contributed by atoms with Gasteiger partial charge in [-0.15, -0.1) is 0 Å². The highest BCUT2D eigenvalue weighted by Gasteiger charge is 2.40. The van der Waals surface area contributed by atoms with E-state index in [0.717, 1.165) is 15.6 Å². The second-order valence-corrected chi connectivity index (χ2v) is 10.6. The number of amides is 2. The molecule has 1 fully saturated rings. The van der Waals surface area contributed by atoms with E-state index in [9.17, 15) is 14.9 Å². The van der Waals surface area contributed by atoms with E-state index in [4.69, 9.17) is 23.2 Å². The predicted molar refractivity (Wildman–Crippen MR) is 144 cm³/mol. The molecule has 9 heteroatoms. The third kappa shape index (κ3) is 5.91. The van der Waals surface area contributed by atoms with Gasteiger partial charge in [0.25, 0.3) is 5.91 Å². The molecular weight excluding hydrogens is 569 g/mol. The van der Waals surface area contributed by atoms with Crippen LogP contribution in [0.25, 0.3) is 0 Å². The molecule has 0 bridgehead atoms. The maximum atomic E-state index is 13.5. The first-order chi connectivity index (χ1) is 16.9. The van der Waals surface area contributed by atoms with E-state index < -0.39 is 11.2 Å². The lowest BCUT2D eigenvalue weighted by Gasteiger charge is -2.19. The first kappa shape index (κ1) is 25.3. The molecule has 1 N–H and O–H groups in total. The first-order valence-electron chi connectivity index (χ1n) is 10.5. The van der Waals surface area contributed by atoms with Gasteiger partial charge in [-0.2, -0.15) is 5.26 Å². The summed E-state index contributed by atoms with van der Waals surface area (Å²) in [5.74, 6) is -0.758. The van der Waals surface area contributed by atoms with E-state index >= 15 is 0 Å². The van der Waals surface area contributed by atoms with Gasteiger partial charge in [0.15, 0.2) is 0 Å². The first-order valence-corrected chi connectivity index (χ1v) is 13.0. The molecule has 0 aromatic heterocycles. The molecular formula is C26H18BrCl2N3O2S. The molecule has 0 spiro atoms. The highest BCUT2D eigenvalue weighted by Crippen LogP contribution is 2.42. The lowest BCUT2D eigenvalue weighted by molar-refractivity contribution is -0.117. The molecule has 1 aliphatic rings. The fourth-order valence-corrected chi connectivity index (χ4v) is 5.45. The van der Waals surface area contributed by atoms with Gasteiger partial charge in [0.2, 0.25) is 5.91 Å². The zero-order valence-corrected chi connectivity index (χ0v) is 22.1. The number of hydrogen-bond donors (Lipinski definition) is 1. The molecule has 4 rings (SSSR count). The molecule has 0 unspecified atom stereocenters. The van der Waals surface area contributed by atoms with Crippen LogP contribution in [0.15, 0.2) is 87.9 Å². The summed E-state index contributed by atoms with van der Waals surface area (Å²) in [6.45, 7) is 0.266. The molecule has 2 amide bonds. The van der Waals surface area contributed by atoms with Gasteiger partial charge in [-0.1, -0.05) is 87.3 Å².